The van der Waals surface area contributed by atoms with E-state index in [-0.39, 0.29) is 6.04 Å². The monoisotopic (exact) mass is 298 g/mol. The highest BCUT2D eigenvalue weighted by Gasteiger charge is 2.19. The summed E-state index contributed by atoms with van der Waals surface area (Å²) in [6.45, 7) is 4.11. The van der Waals surface area contributed by atoms with Gasteiger partial charge in [0.05, 0.1) is 16.8 Å². The Morgan fingerprint density at radius 3 is 2.79 bits per heavy atom. The fraction of sp³-hybridized carbons (Fsp3) is 0.462. The smallest absolute Gasteiger partial charge is 0.0624 e. The van der Waals surface area contributed by atoms with Gasteiger partial charge in [-0.1, -0.05) is 18.5 Å². The van der Waals surface area contributed by atoms with Gasteiger partial charge in [-0.3, -0.25) is 16.0 Å². The van der Waals surface area contributed by atoms with Crippen molar-refractivity contribution in [3.05, 3.63) is 38.3 Å². The van der Waals surface area contributed by atoms with Crippen LogP contribution in [-0.2, 0) is 19.9 Å². The molecule has 0 aromatic carbocycles. The summed E-state index contributed by atoms with van der Waals surface area (Å²) in [7, 11) is 1.96. The first kappa shape index (κ1) is 14.5. The third-order valence-corrected chi connectivity index (χ3v) is 5.07. The van der Waals surface area contributed by atoms with Crippen molar-refractivity contribution in [2.24, 2.45) is 12.9 Å². The number of nitrogens with two attached hydrogens (primary N) is 1. The van der Waals surface area contributed by atoms with Crippen LogP contribution in [0.3, 0.4) is 0 Å². The van der Waals surface area contributed by atoms with E-state index >= 15 is 0 Å². The predicted molar refractivity (Wildman–Crippen MR) is 80.4 cm³/mol. The van der Waals surface area contributed by atoms with Crippen LogP contribution in [0.1, 0.15) is 34.8 Å². The van der Waals surface area contributed by atoms with E-state index in [1.807, 2.05) is 18.7 Å². The van der Waals surface area contributed by atoms with Crippen LogP contribution in [0.15, 0.2) is 11.4 Å². The molecule has 19 heavy (non-hydrogen) atoms. The molecule has 0 saturated heterocycles. The highest BCUT2D eigenvalue weighted by molar-refractivity contribution is 7.10. The van der Waals surface area contributed by atoms with Gasteiger partial charge in [0, 0.05) is 24.0 Å². The minimum absolute atomic E-state index is 0.0197. The fourth-order valence-corrected chi connectivity index (χ4v) is 3.44. The van der Waals surface area contributed by atoms with Gasteiger partial charge in [-0.05, 0) is 30.4 Å². The Hall–Kier alpha value is -0.880. The second kappa shape index (κ2) is 6.05. The van der Waals surface area contributed by atoms with Crippen molar-refractivity contribution < 1.29 is 0 Å². The Morgan fingerprint density at radius 1 is 1.58 bits per heavy atom. The molecule has 1 unspecified atom stereocenters. The van der Waals surface area contributed by atoms with Crippen LogP contribution in [0.25, 0.3) is 0 Å². The summed E-state index contributed by atoms with van der Waals surface area (Å²) in [4.78, 5) is 1.08. The van der Waals surface area contributed by atoms with Crippen molar-refractivity contribution in [2.45, 2.75) is 32.7 Å². The minimum atomic E-state index is 0.0197. The molecule has 0 aliphatic carbocycles. The van der Waals surface area contributed by atoms with Crippen LogP contribution < -0.4 is 11.3 Å². The number of hydrogen-bond donors (Lipinski definition) is 2. The van der Waals surface area contributed by atoms with Crippen molar-refractivity contribution in [1.29, 1.82) is 0 Å². The lowest BCUT2D eigenvalue weighted by atomic mass is 10.1. The zero-order chi connectivity index (χ0) is 14.0. The molecule has 0 amide bonds. The number of nitrogens with one attached hydrogen (secondary N) is 1. The molecule has 0 radical (unpaired) electrons. The molecule has 0 aliphatic heterocycles. The second-order valence-electron chi connectivity index (χ2n) is 4.62. The van der Waals surface area contributed by atoms with Crippen molar-refractivity contribution in [3.8, 4) is 0 Å². The van der Waals surface area contributed by atoms with Gasteiger partial charge in [-0.15, -0.1) is 11.3 Å². The highest BCUT2D eigenvalue weighted by Crippen LogP contribution is 2.33. The quantitative estimate of drug-likeness (QED) is 0.659. The fourth-order valence-electron chi connectivity index (χ4n) is 2.06. The maximum absolute atomic E-state index is 6.31. The standard InChI is InChI=1S/C13H19ClN4S/c1-4-9-5-10(18(3)17-9)6-11(16-15)13-12(14)8(2)7-19-13/h5,7,11,16H,4,6,15H2,1-3H3. The van der Waals surface area contributed by atoms with Crippen molar-refractivity contribution >= 4 is 22.9 Å². The molecule has 2 aromatic heterocycles. The Bertz CT molecular complexity index is 561. The summed E-state index contributed by atoms with van der Waals surface area (Å²) in [6, 6.07) is 2.14. The van der Waals surface area contributed by atoms with Crippen molar-refractivity contribution in [2.75, 3.05) is 0 Å². The number of aromatic nitrogens is 2. The Balaban J connectivity index is 2.23. The van der Waals surface area contributed by atoms with Crippen molar-refractivity contribution in [3.63, 3.8) is 0 Å². The molecule has 0 saturated carbocycles. The minimum Gasteiger partial charge on any atom is -0.272 e. The predicted octanol–water partition coefficient (Wildman–Crippen LogP) is 2.75. The maximum Gasteiger partial charge on any atom is 0.0624 e. The summed E-state index contributed by atoms with van der Waals surface area (Å²) in [5, 5.41) is 7.33. The van der Waals surface area contributed by atoms with Gasteiger partial charge in [0.2, 0.25) is 0 Å². The number of thiophene rings is 1. The molecule has 2 heterocycles. The van der Waals surface area contributed by atoms with E-state index in [4.69, 9.17) is 17.4 Å². The van der Waals surface area contributed by atoms with E-state index in [1.54, 1.807) is 11.3 Å². The van der Waals surface area contributed by atoms with E-state index in [2.05, 4.69) is 28.9 Å². The number of hydrogen-bond acceptors (Lipinski definition) is 4. The Morgan fingerprint density at radius 2 is 2.32 bits per heavy atom. The van der Waals surface area contributed by atoms with Gasteiger partial charge < -0.3 is 0 Å². The Kier molecular flexibility index (Phi) is 4.62. The summed E-state index contributed by atoms with van der Waals surface area (Å²) in [5.41, 5.74) is 6.21. The first-order valence-electron chi connectivity index (χ1n) is 6.28. The SMILES string of the molecule is CCc1cc(CC(NN)c2scc(C)c2Cl)n(C)n1. The molecule has 4 nitrogen and oxygen atoms in total. The van der Waals surface area contributed by atoms with Crippen LogP contribution in [0.5, 0.6) is 0 Å². The molecule has 2 rings (SSSR count). The normalized spacial score (nSPS) is 12.9. The van der Waals surface area contributed by atoms with Gasteiger partial charge in [0.15, 0.2) is 0 Å². The third-order valence-electron chi connectivity index (χ3n) is 3.25. The first-order valence-corrected chi connectivity index (χ1v) is 7.54. The van der Waals surface area contributed by atoms with Gasteiger partial charge in [0.25, 0.3) is 0 Å². The molecule has 0 fully saturated rings. The van der Waals surface area contributed by atoms with Gasteiger partial charge in [-0.25, -0.2) is 0 Å². The molecule has 104 valence electrons. The van der Waals surface area contributed by atoms with Crippen LogP contribution in [0.4, 0.5) is 0 Å². The largest absolute Gasteiger partial charge is 0.272 e. The van der Waals surface area contributed by atoms with E-state index in [0.29, 0.717) is 0 Å². The number of nitrogens with zero attached hydrogens (tertiary/aromatic N) is 2. The molecule has 2 aromatic rings. The molecule has 0 spiro atoms. The number of halogens is 1. The van der Waals surface area contributed by atoms with E-state index in [9.17, 15) is 0 Å². The van der Waals surface area contributed by atoms with Crippen LogP contribution >= 0.6 is 22.9 Å². The van der Waals surface area contributed by atoms with E-state index < -0.39 is 0 Å². The number of hydrazine groups is 1. The van der Waals surface area contributed by atoms with Gasteiger partial charge in [-0.2, -0.15) is 5.10 Å². The molecule has 6 heteroatoms. The van der Waals surface area contributed by atoms with Crippen molar-refractivity contribution in [1.82, 2.24) is 15.2 Å². The van der Waals surface area contributed by atoms with Crippen LogP contribution in [0.2, 0.25) is 5.02 Å². The zero-order valence-corrected chi connectivity index (χ0v) is 13.0. The lowest BCUT2D eigenvalue weighted by Crippen LogP contribution is -2.29. The molecular weight excluding hydrogens is 280 g/mol. The molecule has 1 atom stereocenters. The molecule has 3 N–H and O–H groups in total. The highest BCUT2D eigenvalue weighted by atomic mass is 35.5. The summed E-state index contributed by atoms with van der Waals surface area (Å²) >= 11 is 7.96. The van der Waals surface area contributed by atoms with Crippen LogP contribution in [-0.4, -0.2) is 9.78 Å². The molecule has 0 bridgehead atoms. The lowest BCUT2D eigenvalue weighted by molar-refractivity contribution is 0.537. The summed E-state index contributed by atoms with van der Waals surface area (Å²) in [6.07, 6.45) is 1.72. The second-order valence-corrected chi connectivity index (χ2v) is 5.91. The number of rotatable bonds is 5. The average Bonchev–Trinajstić information content (AvgIpc) is 2.92. The zero-order valence-electron chi connectivity index (χ0n) is 11.4. The Labute approximate surface area is 122 Å². The molecule has 0 aliphatic rings. The third kappa shape index (κ3) is 3.00. The average molecular weight is 299 g/mol. The number of aryl methyl sites for hydroxylation is 3. The summed E-state index contributed by atoms with van der Waals surface area (Å²) < 4.78 is 1.91. The van der Waals surface area contributed by atoms with E-state index in [0.717, 1.165) is 39.7 Å². The molecular formula is C13H19ClN4S. The van der Waals surface area contributed by atoms with Gasteiger partial charge in [0.1, 0.15) is 0 Å². The first-order chi connectivity index (χ1) is 9.06. The van der Waals surface area contributed by atoms with Gasteiger partial charge >= 0.3 is 0 Å². The van der Waals surface area contributed by atoms with E-state index in [1.165, 1.54) is 0 Å². The lowest BCUT2D eigenvalue weighted by Gasteiger charge is -2.15. The summed E-state index contributed by atoms with van der Waals surface area (Å²) in [5.74, 6) is 5.69. The van der Waals surface area contributed by atoms with Crippen LogP contribution in [0, 0.1) is 6.92 Å². The topological polar surface area (TPSA) is 55.9 Å². The maximum atomic E-state index is 6.31.